The van der Waals surface area contributed by atoms with Crippen LogP contribution in [-0.2, 0) is 0 Å². The van der Waals surface area contributed by atoms with Crippen LogP contribution in [-0.4, -0.2) is 47.3 Å². The molecule has 11 heteroatoms. The zero-order chi connectivity index (χ0) is 26.2. The Balaban J connectivity index is 1.31. The molecular formula is C27H27N7O4. The van der Waals surface area contributed by atoms with Crippen molar-refractivity contribution in [3.8, 4) is 11.5 Å². The predicted octanol–water partition coefficient (Wildman–Crippen LogP) is 4.87. The molecule has 11 nitrogen and oxygen atoms in total. The zero-order valence-electron chi connectivity index (χ0n) is 20.8. The SMILES string of the molecule is COc1cc(C=NNc2nc(Nc3ccccc3)nc(N3CCCCC3)n2)ccc1OC(=O)c1ccco1. The average Bonchev–Trinajstić information content (AvgIpc) is 3.50. The minimum atomic E-state index is -0.615. The van der Waals surface area contributed by atoms with Crippen molar-refractivity contribution in [2.75, 3.05) is 35.8 Å². The van der Waals surface area contributed by atoms with Crippen LogP contribution >= 0.6 is 0 Å². The lowest BCUT2D eigenvalue weighted by molar-refractivity contribution is 0.0696. The lowest BCUT2D eigenvalue weighted by atomic mass is 10.1. The van der Waals surface area contributed by atoms with Crippen LogP contribution in [0.3, 0.4) is 0 Å². The van der Waals surface area contributed by atoms with Gasteiger partial charge in [-0.25, -0.2) is 10.2 Å². The molecule has 0 radical (unpaired) electrons. The first-order valence-corrected chi connectivity index (χ1v) is 12.2. The lowest BCUT2D eigenvalue weighted by Gasteiger charge is -2.26. The molecule has 1 aliphatic rings. The number of furan rings is 1. The van der Waals surface area contributed by atoms with Gasteiger partial charge < -0.3 is 24.1 Å². The molecule has 194 valence electrons. The van der Waals surface area contributed by atoms with E-state index < -0.39 is 5.97 Å². The molecular weight excluding hydrogens is 486 g/mol. The van der Waals surface area contributed by atoms with E-state index in [1.165, 1.54) is 25.9 Å². The van der Waals surface area contributed by atoms with Gasteiger partial charge in [-0.05, 0) is 67.3 Å². The second-order valence-corrected chi connectivity index (χ2v) is 8.47. The minimum absolute atomic E-state index is 0.101. The third-order valence-electron chi connectivity index (χ3n) is 5.78. The number of rotatable bonds is 9. The number of hydrazone groups is 1. The zero-order valence-corrected chi connectivity index (χ0v) is 20.8. The number of nitrogens with zero attached hydrogens (tertiary/aromatic N) is 5. The van der Waals surface area contributed by atoms with E-state index in [2.05, 4.69) is 35.7 Å². The quantitative estimate of drug-likeness (QED) is 0.138. The standard InChI is InChI=1S/C27H27N7O4/c1-36-23-17-19(12-13-21(23)38-24(35)22-11-8-16-37-22)18-28-33-26-30-25(29-20-9-4-2-5-10-20)31-27(32-26)34-14-6-3-7-15-34/h2,4-5,8-13,16-18H,3,6-7,14-15H2,1H3,(H2,29,30,31,32,33). The number of anilines is 4. The normalized spacial score (nSPS) is 13.3. The molecule has 0 atom stereocenters. The smallest absolute Gasteiger partial charge is 0.379 e. The summed E-state index contributed by atoms with van der Waals surface area (Å²) < 4.78 is 15.9. The summed E-state index contributed by atoms with van der Waals surface area (Å²) in [4.78, 5) is 28.1. The molecule has 0 unspecified atom stereocenters. The van der Waals surface area contributed by atoms with Crippen molar-refractivity contribution >= 4 is 35.7 Å². The number of piperidine rings is 1. The van der Waals surface area contributed by atoms with Crippen LogP contribution in [0.5, 0.6) is 11.5 Å². The van der Waals surface area contributed by atoms with Crippen molar-refractivity contribution in [3.05, 3.63) is 78.3 Å². The molecule has 0 bridgehead atoms. The molecule has 1 fully saturated rings. The largest absolute Gasteiger partial charge is 0.493 e. The van der Waals surface area contributed by atoms with Gasteiger partial charge in [0, 0.05) is 18.8 Å². The molecule has 0 spiro atoms. The molecule has 2 aromatic heterocycles. The van der Waals surface area contributed by atoms with Gasteiger partial charge in [-0.3, -0.25) is 0 Å². The molecule has 1 aliphatic heterocycles. The Hall–Kier alpha value is -4.93. The molecule has 0 saturated carbocycles. The van der Waals surface area contributed by atoms with Gasteiger partial charge in [0.2, 0.25) is 23.6 Å². The number of hydrogen-bond acceptors (Lipinski definition) is 11. The maximum atomic E-state index is 12.2. The summed E-state index contributed by atoms with van der Waals surface area (Å²) in [5.41, 5.74) is 4.48. The number of aromatic nitrogens is 3. The second-order valence-electron chi connectivity index (χ2n) is 8.47. The Kier molecular flexibility index (Phi) is 7.73. The van der Waals surface area contributed by atoms with E-state index in [9.17, 15) is 4.79 Å². The van der Waals surface area contributed by atoms with Crippen molar-refractivity contribution < 1.29 is 18.7 Å². The topological polar surface area (TPSA) is 127 Å². The van der Waals surface area contributed by atoms with Crippen LogP contribution in [0.15, 0.2) is 76.4 Å². The number of benzene rings is 2. The molecule has 2 aromatic carbocycles. The summed E-state index contributed by atoms with van der Waals surface area (Å²) in [6, 6.07) is 17.9. The molecule has 2 N–H and O–H groups in total. The van der Waals surface area contributed by atoms with Gasteiger partial charge in [0.1, 0.15) is 0 Å². The van der Waals surface area contributed by atoms with Crippen molar-refractivity contribution in [1.82, 2.24) is 15.0 Å². The van der Waals surface area contributed by atoms with Gasteiger partial charge in [0.05, 0.1) is 19.6 Å². The van der Waals surface area contributed by atoms with Crippen LogP contribution in [0, 0.1) is 0 Å². The van der Waals surface area contributed by atoms with E-state index in [1.807, 2.05) is 30.3 Å². The average molecular weight is 514 g/mol. The summed E-state index contributed by atoms with van der Waals surface area (Å²) in [6.45, 7) is 1.79. The van der Waals surface area contributed by atoms with E-state index in [0.717, 1.165) is 31.6 Å². The fraction of sp³-hybridized carbons (Fsp3) is 0.222. The molecule has 0 amide bonds. The molecule has 3 heterocycles. The highest BCUT2D eigenvalue weighted by Gasteiger charge is 2.17. The van der Waals surface area contributed by atoms with E-state index in [4.69, 9.17) is 13.9 Å². The van der Waals surface area contributed by atoms with Crippen LogP contribution in [0.4, 0.5) is 23.5 Å². The Bertz CT molecular complexity index is 1390. The van der Waals surface area contributed by atoms with Crippen LogP contribution < -0.4 is 25.1 Å². The highest BCUT2D eigenvalue weighted by atomic mass is 16.6. The first-order chi connectivity index (χ1) is 18.7. The maximum absolute atomic E-state index is 12.2. The van der Waals surface area contributed by atoms with E-state index >= 15 is 0 Å². The highest BCUT2D eigenvalue weighted by Crippen LogP contribution is 2.28. The first-order valence-electron chi connectivity index (χ1n) is 12.2. The van der Waals surface area contributed by atoms with Gasteiger partial charge in [-0.1, -0.05) is 18.2 Å². The Morgan fingerprint density at radius 1 is 0.974 bits per heavy atom. The number of hydrogen-bond donors (Lipinski definition) is 2. The molecule has 1 saturated heterocycles. The van der Waals surface area contributed by atoms with Crippen molar-refractivity contribution in [1.29, 1.82) is 0 Å². The van der Waals surface area contributed by atoms with Gasteiger partial charge in [0.25, 0.3) is 0 Å². The lowest BCUT2D eigenvalue weighted by Crippen LogP contribution is -2.31. The van der Waals surface area contributed by atoms with Crippen molar-refractivity contribution in [2.45, 2.75) is 19.3 Å². The number of carbonyl (C=O) groups excluding carboxylic acids is 1. The minimum Gasteiger partial charge on any atom is -0.493 e. The van der Waals surface area contributed by atoms with Gasteiger partial charge in [0.15, 0.2) is 11.5 Å². The molecule has 0 aliphatic carbocycles. The Morgan fingerprint density at radius 2 is 1.79 bits per heavy atom. The van der Waals surface area contributed by atoms with Gasteiger partial charge in [-0.15, -0.1) is 0 Å². The van der Waals surface area contributed by atoms with E-state index in [-0.39, 0.29) is 11.5 Å². The van der Waals surface area contributed by atoms with Crippen LogP contribution in [0.25, 0.3) is 0 Å². The number of para-hydroxylation sites is 1. The number of carbonyl (C=O) groups is 1. The second kappa shape index (κ2) is 11.9. The Morgan fingerprint density at radius 3 is 2.55 bits per heavy atom. The number of ether oxygens (including phenoxy) is 2. The fourth-order valence-corrected chi connectivity index (χ4v) is 3.91. The third-order valence-corrected chi connectivity index (χ3v) is 5.78. The van der Waals surface area contributed by atoms with Crippen LogP contribution in [0.2, 0.25) is 0 Å². The number of nitrogens with one attached hydrogen (secondary N) is 2. The summed E-state index contributed by atoms with van der Waals surface area (Å²) in [6.07, 6.45) is 6.40. The Labute approximate surface area is 219 Å². The first kappa shape index (κ1) is 24.8. The number of esters is 1. The van der Waals surface area contributed by atoms with Crippen LogP contribution in [0.1, 0.15) is 35.4 Å². The molecule has 38 heavy (non-hydrogen) atoms. The van der Waals surface area contributed by atoms with Crippen molar-refractivity contribution in [3.63, 3.8) is 0 Å². The van der Waals surface area contributed by atoms with Crippen molar-refractivity contribution in [2.24, 2.45) is 5.10 Å². The third kappa shape index (κ3) is 6.25. The maximum Gasteiger partial charge on any atom is 0.379 e. The number of methoxy groups -OCH3 is 1. The fourth-order valence-electron chi connectivity index (χ4n) is 3.91. The highest BCUT2D eigenvalue weighted by molar-refractivity contribution is 5.89. The monoisotopic (exact) mass is 513 g/mol. The summed E-state index contributed by atoms with van der Waals surface area (Å²) in [5.74, 6) is 1.45. The van der Waals surface area contributed by atoms with E-state index in [0.29, 0.717) is 29.2 Å². The molecule has 5 rings (SSSR count). The predicted molar refractivity (Wildman–Crippen MR) is 143 cm³/mol. The van der Waals surface area contributed by atoms with Gasteiger partial charge >= 0.3 is 5.97 Å². The molecule has 4 aromatic rings. The van der Waals surface area contributed by atoms with E-state index in [1.54, 1.807) is 30.5 Å². The summed E-state index contributed by atoms with van der Waals surface area (Å²) in [5, 5.41) is 7.53. The van der Waals surface area contributed by atoms with Gasteiger partial charge in [-0.2, -0.15) is 20.1 Å². The summed E-state index contributed by atoms with van der Waals surface area (Å²) in [7, 11) is 1.49. The summed E-state index contributed by atoms with van der Waals surface area (Å²) >= 11 is 0.